The molecule has 0 unspecified atom stereocenters. The van der Waals surface area contributed by atoms with Gasteiger partial charge >= 0.3 is 0 Å². The lowest BCUT2D eigenvalue weighted by Gasteiger charge is -2.32. The van der Waals surface area contributed by atoms with E-state index in [9.17, 15) is 18.0 Å². The molecule has 3 rings (SSSR count). The average Bonchev–Trinajstić information content (AvgIpc) is 2.94. The highest BCUT2D eigenvalue weighted by molar-refractivity contribution is 7.92. The summed E-state index contributed by atoms with van der Waals surface area (Å²) in [6.45, 7) is 8.04. The number of carbonyl (C=O) groups excluding carboxylic acids is 2. The van der Waals surface area contributed by atoms with Crippen LogP contribution >= 0.6 is 0 Å². The highest BCUT2D eigenvalue weighted by Gasteiger charge is 2.32. The van der Waals surface area contributed by atoms with Crippen LogP contribution in [0.1, 0.15) is 38.3 Å². The van der Waals surface area contributed by atoms with E-state index in [2.05, 4.69) is 5.32 Å². The smallest absolute Gasteiger partial charge is 0.264 e. The first-order chi connectivity index (χ1) is 18.7. The van der Waals surface area contributed by atoms with Gasteiger partial charge in [-0.05, 0) is 69.2 Å². The van der Waals surface area contributed by atoms with Gasteiger partial charge in [-0.25, -0.2) is 8.42 Å². The number of benzene rings is 3. The number of nitrogens with zero attached hydrogens (tertiary/aromatic N) is 2. The molecule has 0 radical (unpaired) electrons. The van der Waals surface area contributed by atoms with Gasteiger partial charge in [-0.3, -0.25) is 13.9 Å². The molecule has 0 saturated heterocycles. The quantitative estimate of drug-likeness (QED) is 0.337. The molecule has 9 heteroatoms. The summed E-state index contributed by atoms with van der Waals surface area (Å²) >= 11 is 0. The van der Waals surface area contributed by atoms with E-state index in [1.807, 2.05) is 45.0 Å². The van der Waals surface area contributed by atoms with Gasteiger partial charge in [-0.15, -0.1) is 0 Å². The van der Waals surface area contributed by atoms with E-state index in [0.717, 1.165) is 21.9 Å². The molecule has 2 amide bonds. The van der Waals surface area contributed by atoms with Crippen molar-refractivity contribution in [3.8, 4) is 5.75 Å². The number of carbonyl (C=O) groups is 2. The second-order valence-electron chi connectivity index (χ2n) is 9.23. The van der Waals surface area contributed by atoms with Crippen molar-refractivity contribution in [3.63, 3.8) is 0 Å². The van der Waals surface area contributed by atoms with E-state index in [4.69, 9.17) is 4.74 Å². The van der Waals surface area contributed by atoms with Gasteiger partial charge in [-0.2, -0.15) is 0 Å². The van der Waals surface area contributed by atoms with Crippen molar-refractivity contribution in [1.29, 1.82) is 0 Å². The summed E-state index contributed by atoms with van der Waals surface area (Å²) in [7, 11) is -4.12. The summed E-state index contributed by atoms with van der Waals surface area (Å²) in [5.74, 6) is -0.235. The van der Waals surface area contributed by atoms with Crippen LogP contribution in [0.3, 0.4) is 0 Å². The third-order valence-corrected chi connectivity index (χ3v) is 8.02. The van der Waals surface area contributed by atoms with E-state index >= 15 is 0 Å². The maximum Gasteiger partial charge on any atom is 0.264 e. The van der Waals surface area contributed by atoms with Gasteiger partial charge in [0, 0.05) is 13.1 Å². The van der Waals surface area contributed by atoms with E-state index in [-0.39, 0.29) is 17.3 Å². The molecule has 1 N–H and O–H groups in total. The first kappa shape index (κ1) is 29.7. The molecule has 0 spiro atoms. The monoisotopic (exact) mass is 551 g/mol. The molecule has 1 atom stereocenters. The van der Waals surface area contributed by atoms with Crippen LogP contribution in [0.25, 0.3) is 0 Å². The third-order valence-electron chi connectivity index (χ3n) is 6.24. The third kappa shape index (κ3) is 7.83. The molecule has 3 aromatic carbocycles. The fraction of sp³-hybridized carbons (Fsp3) is 0.333. The van der Waals surface area contributed by atoms with Crippen molar-refractivity contribution in [1.82, 2.24) is 10.2 Å². The van der Waals surface area contributed by atoms with Gasteiger partial charge in [0.25, 0.3) is 10.0 Å². The molecule has 0 aromatic heterocycles. The molecule has 0 saturated carbocycles. The van der Waals surface area contributed by atoms with Crippen molar-refractivity contribution in [2.75, 3.05) is 24.0 Å². The largest absolute Gasteiger partial charge is 0.494 e. The van der Waals surface area contributed by atoms with Crippen LogP contribution in [0.5, 0.6) is 5.75 Å². The summed E-state index contributed by atoms with van der Waals surface area (Å²) in [6, 6.07) is 21.5. The number of hydrogen-bond acceptors (Lipinski definition) is 5. The highest BCUT2D eigenvalue weighted by Crippen LogP contribution is 2.26. The Hall–Kier alpha value is -3.85. The molecule has 0 bridgehead atoms. The van der Waals surface area contributed by atoms with Gasteiger partial charge in [0.1, 0.15) is 18.3 Å². The lowest BCUT2D eigenvalue weighted by Crippen LogP contribution is -2.51. The Kier molecular flexibility index (Phi) is 10.5. The van der Waals surface area contributed by atoms with Crippen molar-refractivity contribution < 1.29 is 22.7 Å². The van der Waals surface area contributed by atoms with E-state index in [0.29, 0.717) is 24.6 Å². The molecule has 0 aliphatic heterocycles. The molecule has 0 aliphatic carbocycles. The van der Waals surface area contributed by atoms with Gasteiger partial charge < -0.3 is 15.0 Å². The van der Waals surface area contributed by atoms with Crippen LogP contribution in [0, 0.1) is 6.92 Å². The summed E-state index contributed by atoms with van der Waals surface area (Å²) in [5.41, 5.74) is 2.25. The van der Waals surface area contributed by atoms with Crippen molar-refractivity contribution in [3.05, 3.63) is 90.0 Å². The standard InChI is InChI=1S/C30H37N3O5S/c1-5-20-31-30(35)24(4)32(21-25-14-12-23(3)13-15-25)29(34)22-33(26-10-8-7-9-11-26)39(36,37)28-18-16-27(17-19-28)38-6-2/h7-19,24H,5-6,20-22H2,1-4H3,(H,31,35)/t24-/m0/s1. The summed E-state index contributed by atoms with van der Waals surface area (Å²) in [5, 5.41) is 2.84. The fourth-order valence-electron chi connectivity index (χ4n) is 3.99. The van der Waals surface area contributed by atoms with Crippen LogP contribution in [-0.4, -0.2) is 50.9 Å². The minimum atomic E-state index is -4.12. The Balaban J connectivity index is 1.97. The maximum atomic E-state index is 13.9. The Morgan fingerprint density at radius 1 is 0.923 bits per heavy atom. The number of nitrogens with one attached hydrogen (secondary N) is 1. The Bertz CT molecular complexity index is 1330. The van der Waals surface area contributed by atoms with Gasteiger partial charge in [-0.1, -0.05) is 55.0 Å². The number of aryl methyl sites for hydroxylation is 1. The van der Waals surface area contributed by atoms with Crippen LogP contribution in [0.2, 0.25) is 0 Å². The first-order valence-corrected chi connectivity index (χ1v) is 14.5. The fourth-order valence-corrected chi connectivity index (χ4v) is 5.41. The van der Waals surface area contributed by atoms with E-state index < -0.39 is 28.5 Å². The number of sulfonamides is 1. The molecule has 0 heterocycles. The minimum Gasteiger partial charge on any atom is -0.494 e. The molecular formula is C30H37N3O5S. The lowest BCUT2D eigenvalue weighted by atomic mass is 10.1. The minimum absolute atomic E-state index is 0.0291. The predicted molar refractivity (Wildman–Crippen MR) is 153 cm³/mol. The molecular weight excluding hydrogens is 514 g/mol. The summed E-state index contributed by atoms with van der Waals surface area (Å²) in [4.78, 5) is 28.2. The topological polar surface area (TPSA) is 96.0 Å². The average molecular weight is 552 g/mol. The van der Waals surface area contributed by atoms with Crippen LogP contribution in [-0.2, 0) is 26.2 Å². The lowest BCUT2D eigenvalue weighted by molar-refractivity contribution is -0.139. The maximum absolute atomic E-state index is 13.9. The zero-order chi connectivity index (χ0) is 28.4. The summed E-state index contributed by atoms with van der Waals surface area (Å²) < 4.78 is 34.2. The van der Waals surface area contributed by atoms with E-state index in [1.54, 1.807) is 49.4 Å². The Morgan fingerprint density at radius 3 is 2.15 bits per heavy atom. The summed E-state index contributed by atoms with van der Waals surface area (Å²) in [6.07, 6.45) is 0.756. The van der Waals surface area contributed by atoms with E-state index in [1.165, 1.54) is 17.0 Å². The number of ether oxygens (including phenoxy) is 1. The second-order valence-corrected chi connectivity index (χ2v) is 11.1. The second kappa shape index (κ2) is 13.8. The number of amides is 2. The van der Waals surface area contributed by atoms with Gasteiger partial charge in [0.15, 0.2) is 0 Å². The van der Waals surface area contributed by atoms with Gasteiger partial charge in [0.2, 0.25) is 11.8 Å². The number of anilines is 1. The zero-order valence-electron chi connectivity index (χ0n) is 23.0. The zero-order valence-corrected chi connectivity index (χ0v) is 23.8. The molecule has 208 valence electrons. The molecule has 3 aromatic rings. The van der Waals surface area contributed by atoms with Crippen molar-refractivity contribution >= 4 is 27.5 Å². The Labute approximate surface area is 231 Å². The normalized spacial score (nSPS) is 11.9. The van der Waals surface area contributed by atoms with Crippen LogP contribution in [0.4, 0.5) is 5.69 Å². The highest BCUT2D eigenvalue weighted by atomic mass is 32.2. The molecule has 8 nitrogen and oxygen atoms in total. The van der Waals surface area contributed by atoms with Crippen LogP contribution in [0.15, 0.2) is 83.8 Å². The number of rotatable bonds is 13. The predicted octanol–water partition coefficient (Wildman–Crippen LogP) is 4.53. The van der Waals surface area contributed by atoms with Crippen LogP contribution < -0.4 is 14.4 Å². The first-order valence-electron chi connectivity index (χ1n) is 13.1. The molecule has 0 fully saturated rings. The van der Waals surface area contributed by atoms with Crippen molar-refractivity contribution in [2.45, 2.75) is 51.6 Å². The Morgan fingerprint density at radius 2 is 1.56 bits per heavy atom. The molecule has 39 heavy (non-hydrogen) atoms. The number of para-hydroxylation sites is 1. The van der Waals surface area contributed by atoms with Gasteiger partial charge in [0.05, 0.1) is 17.2 Å². The SMILES string of the molecule is CCCNC(=O)[C@H](C)N(Cc1ccc(C)cc1)C(=O)CN(c1ccccc1)S(=O)(=O)c1ccc(OCC)cc1. The molecule has 0 aliphatic rings. The van der Waals surface area contributed by atoms with Crippen molar-refractivity contribution in [2.24, 2.45) is 0 Å². The number of hydrogen-bond donors (Lipinski definition) is 1.